The Labute approximate surface area is 152 Å². The van der Waals surface area contributed by atoms with E-state index in [1.807, 2.05) is 6.92 Å². The van der Waals surface area contributed by atoms with Crippen LogP contribution in [0.25, 0.3) is 0 Å². The van der Waals surface area contributed by atoms with Crippen molar-refractivity contribution in [1.29, 1.82) is 0 Å². The lowest BCUT2D eigenvalue weighted by atomic mass is 9.94. The summed E-state index contributed by atoms with van der Waals surface area (Å²) in [7, 11) is 0. The fourth-order valence-electron chi connectivity index (χ4n) is 3.11. The molecule has 1 heterocycles. The molecule has 1 atom stereocenters. The fourth-order valence-corrected chi connectivity index (χ4v) is 3.28. The molecule has 3 rings (SSSR count). The summed E-state index contributed by atoms with van der Waals surface area (Å²) in [6.45, 7) is 3.33. The van der Waals surface area contributed by atoms with Crippen LogP contribution in [0.15, 0.2) is 18.2 Å². The maximum Gasteiger partial charge on any atom is 0.237 e. The summed E-state index contributed by atoms with van der Waals surface area (Å²) in [4.78, 5) is 26.7. The molecule has 2 fully saturated rings. The molecule has 0 radical (unpaired) electrons. The summed E-state index contributed by atoms with van der Waals surface area (Å²) in [5, 5.41) is 16.0. The molecule has 25 heavy (non-hydrogen) atoms. The molecule has 1 aromatic rings. The Kier molecular flexibility index (Phi) is 5.49. The highest BCUT2D eigenvalue weighted by Crippen LogP contribution is 2.28. The number of aromatic hydroxyl groups is 1. The normalized spacial score (nSPS) is 20.1. The van der Waals surface area contributed by atoms with Crippen molar-refractivity contribution in [1.82, 2.24) is 10.2 Å². The van der Waals surface area contributed by atoms with Crippen LogP contribution in [-0.4, -0.2) is 47.0 Å². The summed E-state index contributed by atoms with van der Waals surface area (Å²) in [5.74, 6) is -0.171. The SMILES string of the molecule is CC(C(=O)NC1CC1)N1CCC(C(=O)Nc2cc(Cl)ccc2O)CC1. The molecule has 0 bridgehead atoms. The van der Waals surface area contributed by atoms with Crippen molar-refractivity contribution in [3.8, 4) is 5.75 Å². The van der Waals surface area contributed by atoms with Crippen molar-refractivity contribution in [3.63, 3.8) is 0 Å². The van der Waals surface area contributed by atoms with Crippen molar-refractivity contribution in [3.05, 3.63) is 23.2 Å². The van der Waals surface area contributed by atoms with Gasteiger partial charge in [-0.3, -0.25) is 14.5 Å². The minimum absolute atomic E-state index is 0.000514. The van der Waals surface area contributed by atoms with Crippen molar-refractivity contribution in [2.45, 2.75) is 44.7 Å². The number of nitrogens with zero attached hydrogens (tertiary/aromatic N) is 1. The van der Waals surface area contributed by atoms with E-state index in [2.05, 4.69) is 15.5 Å². The van der Waals surface area contributed by atoms with Crippen molar-refractivity contribution < 1.29 is 14.7 Å². The molecule has 2 amide bonds. The third-order valence-corrected chi connectivity index (χ3v) is 5.20. The van der Waals surface area contributed by atoms with Crippen LogP contribution < -0.4 is 10.6 Å². The van der Waals surface area contributed by atoms with Gasteiger partial charge >= 0.3 is 0 Å². The first-order valence-corrected chi connectivity index (χ1v) is 9.15. The van der Waals surface area contributed by atoms with Crippen LogP contribution in [0.5, 0.6) is 5.75 Å². The second-order valence-corrected chi connectivity index (χ2v) is 7.36. The molecule has 1 aliphatic heterocycles. The number of piperidine rings is 1. The van der Waals surface area contributed by atoms with Gasteiger partial charge in [-0.05, 0) is 63.9 Å². The summed E-state index contributed by atoms with van der Waals surface area (Å²) in [6, 6.07) is 4.76. The van der Waals surface area contributed by atoms with Gasteiger partial charge in [-0.25, -0.2) is 0 Å². The molecular weight excluding hydrogens is 342 g/mol. The van der Waals surface area contributed by atoms with Crippen LogP contribution in [0.2, 0.25) is 5.02 Å². The van der Waals surface area contributed by atoms with Gasteiger partial charge in [-0.1, -0.05) is 11.6 Å². The Morgan fingerprint density at radius 1 is 1.24 bits per heavy atom. The number of carbonyl (C=O) groups is 2. The average molecular weight is 366 g/mol. The minimum atomic E-state index is -0.165. The van der Waals surface area contributed by atoms with Crippen LogP contribution in [0.4, 0.5) is 5.69 Å². The highest BCUT2D eigenvalue weighted by Gasteiger charge is 2.32. The largest absolute Gasteiger partial charge is 0.506 e. The van der Waals surface area contributed by atoms with Crippen LogP contribution >= 0.6 is 11.6 Å². The number of rotatable bonds is 5. The predicted octanol–water partition coefficient (Wildman–Crippen LogP) is 2.36. The Morgan fingerprint density at radius 2 is 1.92 bits per heavy atom. The number of hydrogen-bond donors (Lipinski definition) is 3. The zero-order valence-corrected chi connectivity index (χ0v) is 15.1. The van der Waals surface area contributed by atoms with E-state index in [-0.39, 0.29) is 29.5 Å². The lowest BCUT2D eigenvalue weighted by molar-refractivity contribution is -0.127. The second kappa shape index (κ2) is 7.62. The maximum absolute atomic E-state index is 12.4. The number of halogens is 1. The van der Waals surface area contributed by atoms with Gasteiger partial charge in [0.25, 0.3) is 0 Å². The van der Waals surface area contributed by atoms with Gasteiger partial charge < -0.3 is 15.7 Å². The minimum Gasteiger partial charge on any atom is -0.506 e. The van der Waals surface area contributed by atoms with E-state index < -0.39 is 0 Å². The molecule has 3 N–H and O–H groups in total. The maximum atomic E-state index is 12.4. The number of nitrogens with one attached hydrogen (secondary N) is 2. The number of anilines is 1. The average Bonchev–Trinajstić information content (AvgIpc) is 3.41. The Balaban J connectivity index is 1.50. The first-order chi connectivity index (χ1) is 11.9. The quantitative estimate of drug-likeness (QED) is 0.700. The monoisotopic (exact) mass is 365 g/mol. The molecule has 6 nitrogen and oxygen atoms in total. The molecule has 0 spiro atoms. The number of benzene rings is 1. The van der Waals surface area contributed by atoms with Crippen LogP contribution in [0.1, 0.15) is 32.6 Å². The molecule has 2 aliphatic rings. The topological polar surface area (TPSA) is 81.7 Å². The highest BCUT2D eigenvalue weighted by atomic mass is 35.5. The van der Waals surface area contributed by atoms with Gasteiger partial charge in [0, 0.05) is 17.0 Å². The van der Waals surface area contributed by atoms with Gasteiger partial charge in [0.05, 0.1) is 11.7 Å². The molecule has 1 saturated carbocycles. The summed E-state index contributed by atoms with van der Waals surface area (Å²) in [6.07, 6.45) is 3.54. The molecule has 136 valence electrons. The van der Waals surface area contributed by atoms with Gasteiger partial charge in [0.15, 0.2) is 0 Å². The van der Waals surface area contributed by atoms with Gasteiger partial charge in [0.1, 0.15) is 5.75 Å². The third kappa shape index (κ3) is 4.64. The van der Waals surface area contributed by atoms with Crippen LogP contribution in [0.3, 0.4) is 0 Å². The van der Waals surface area contributed by atoms with E-state index in [4.69, 9.17) is 11.6 Å². The number of phenols is 1. The van der Waals surface area contributed by atoms with E-state index in [9.17, 15) is 14.7 Å². The van der Waals surface area contributed by atoms with Gasteiger partial charge in [0.2, 0.25) is 11.8 Å². The number of likely N-dealkylation sites (tertiary alicyclic amines) is 1. The van der Waals surface area contributed by atoms with E-state index >= 15 is 0 Å². The van der Waals surface area contributed by atoms with E-state index in [0.717, 1.165) is 12.8 Å². The van der Waals surface area contributed by atoms with Gasteiger partial charge in [-0.2, -0.15) is 0 Å². The molecule has 1 saturated heterocycles. The molecule has 7 heteroatoms. The summed E-state index contributed by atoms with van der Waals surface area (Å²) >= 11 is 5.90. The van der Waals surface area contributed by atoms with Crippen molar-refractivity contribution >= 4 is 29.1 Å². The highest BCUT2D eigenvalue weighted by molar-refractivity contribution is 6.31. The zero-order valence-electron chi connectivity index (χ0n) is 14.3. The van der Waals surface area contributed by atoms with Crippen LogP contribution in [-0.2, 0) is 9.59 Å². The van der Waals surface area contributed by atoms with Crippen molar-refractivity contribution in [2.24, 2.45) is 5.92 Å². The predicted molar refractivity (Wildman–Crippen MR) is 96.7 cm³/mol. The fraction of sp³-hybridized carbons (Fsp3) is 0.556. The second-order valence-electron chi connectivity index (χ2n) is 6.92. The molecule has 1 aromatic carbocycles. The lowest BCUT2D eigenvalue weighted by Gasteiger charge is -2.34. The smallest absolute Gasteiger partial charge is 0.237 e. The first-order valence-electron chi connectivity index (χ1n) is 8.78. The standard InChI is InChI=1S/C18H24ClN3O3/c1-11(17(24)20-14-3-4-14)22-8-6-12(7-9-22)18(25)21-15-10-13(19)2-5-16(15)23/h2,5,10-12,14,23H,3-4,6-9H2,1H3,(H,20,24)(H,21,25). The van der Waals surface area contributed by atoms with Crippen molar-refractivity contribution in [2.75, 3.05) is 18.4 Å². The number of amides is 2. The zero-order chi connectivity index (χ0) is 18.0. The number of phenolic OH excluding ortho intramolecular Hbond substituents is 1. The Hall–Kier alpha value is -1.79. The molecule has 1 aliphatic carbocycles. The number of carbonyl (C=O) groups excluding carboxylic acids is 2. The van der Waals surface area contributed by atoms with E-state index in [1.165, 1.54) is 12.1 Å². The Bertz CT molecular complexity index is 655. The summed E-state index contributed by atoms with van der Waals surface area (Å²) < 4.78 is 0. The lowest BCUT2D eigenvalue weighted by Crippen LogP contribution is -2.49. The van der Waals surface area contributed by atoms with Crippen LogP contribution in [0, 0.1) is 5.92 Å². The third-order valence-electron chi connectivity index (χ3n) is 4.97. The first kappa shape index (κ1) is 18.0. The molecular formula is C18H24ClN3O3. The summed E-state index contributed by atoms with van der Waals surface area (Å²) in [5.41, 5.74) is 0.331. The van der Waals surface area contributed by atoms with Gasteiger partial charge in [-0.15, -0.1) is 0 Å². The van der Waals surface area contributed by atoms with E-state index in [1.54, 1.807) is 6.07 Å². The molecule has 1 unspecified atom stereocenters. The Morgan fingerprint density at radius 3 is 2.56 bits per heavy atom. The van der Waals surface area contributed by atoms with E-state index in [0.29, 0.717) is 42.7 Å². The number of hydrogen-bond acceptors (Lipinski definition) is 4. The molecule has 0 aromatic heterocycles.